The number of rotatable bonds is 11. The molecule has 0 saturated heterocycles. The van der Waals surface area contributed by atoms with Crippen LogP contribution in [0.25, 0.3) is 0 Å². The molecule has 1 amide bonds. The Morgan fingerprint density at radius 1 is 1.00 bits per heavy atom. The van der Waals surface area contributed by atoms with Crippen LogP contribution in [0.5, 0.6) is 17.2 Å². The summed E-state index contributed by atoms with van der Waals surface area (Å²) >= 11 is 2.09. The van der Waals surface area contributed by atoms with Crippen molar-refractivity contribution in [3.05, 3.63) is 51.1 Å². The molecule has 0 unspecified atom stereocenters. The monoisotopic (exact) mass is 540 g/mol. The number of hydrazone groups is 1. The first-order valence-corrected chi connectivity index (χ1v) is 10.9. The topological polar surface area (TPSA) is 95.5 Å². The normalized spacial score (nSPS) is 10.6. The molecule has 1 N–H and O–H groups in total. The molecule has 8 nitrogen and oxygen atoms in total. The van der Waals surface area contributed by atoms with Crippen LogP contribution in [-0.4, -0.2) is 44.5 Å². The number of nitrogens with zero attached hydrogens (tertiary/aromatic N) is 1. The Labute approximate surface area is 195 Å². The fourth-order valence-corrected chi connectivity index (χ4v) is 3.28. The van der Waals surface area contributed by atoms with E-state index in [9.17, 15) is 9.59 Å². The van der Waals surface area contributed by atoms with E-state index in [1.807, 2.05) is 13.8 Å². The van der Waals surface area contributed by atoms with E-state index in [0.29, 0.717) is 41.6 Å². The summed E-state index contributed by atoms with van der Waals surface area (Å²) in [5.41, 5.74) is 3.66. The molecular weight excluding hydrogens is 515 g/mol. The van der Waals surface area contributed by atoms with Crippen molar-refractivity contribution in [3.63, 3.8) is 0 Å². The fourth-order valence-electron chi connectivity index (χ4n) is 2.50. The van der Waals surface area contributed by atoms with Crippen LogP contribution in [0.15, 0.2) is 41.5 Å². The van der Waals surface area contributed by atoms with E-state index >= 15 is 0 Å². The summed E-state index contributed by atoms with van der Waals surface area (Å²) in [5, 5.41) is 4.02. The lowest BCUT2D eigenvalue weighted by Crippen LogP contribution is -2.17. The minimum atomic E-state index is -0.455. The zero-order chi connectivity index (χ0) is 22.6. The average molecular weight is 540 g/mol. The van der Waals surface area contributed by atoms with E-state index in [2.05, 4.69) is 33.1 Å². The summed E-state index contributed by atoms with van der Waals surface area (Å²) in [6.45, 7) is 6.53. The van der Waals surface area contributed by atoms with Crippen LogP contribution < -0.4 is 19.6 Å². The maximum absolute atomic E-state index is 12.2. The summed E-state index contributed by atoms with van der Waals surface area (Å²) in [6, 6.07) is 10.3. The van der Waals surface area contributed by atoms with Crippen LogP contribution in [0, 0.1) is 3.57 Å². The number of hydrogen-bond acceptors (Lipinski definition) is 7. The molecule has 0 aliphatic carbocycles. The number of amides is 1. The van der Waals surface area contributed by atoms with Crippen molar-refractivity contribution < 1.29 is 28.5 Å². The summed E-state index contributed by atoms with van der Waals surface area (Å²) in [7, 11) is 0. The zero-order valence-electron chi connectivity index (χ0n) is 17.6. The Morgan fingerprint density at radius 2 is 1.71 bits per heavy atom. The Hall–Kier alpha value is -2.82. The van der Waals surface area contributed by atoms with Gasteiger partial charge in [0, 0.05) is 5.56 Å². The highest BCUT2D eigenvalue weighted by Gasteiger charge is 2.14. The van der Waals surface area contributed by atoms with Crippen LogP contribution in [-0.2, 0) is 9.53 Å². The van der Waals surface area contributed by atoms with Gasteiger partial charge in [-0.05, 0) is 85.3 Å². The van der Waals surface area contributed by atoms with Crippen molar-refractivity contribution in [1.29, 1.82) is 0 Å². The Bertz CT molecular complexity index is 915. The molecule has 0 saturated carbocycles. The number of carbonyl (C=O) groups excluding carboxylic acids is 2. The van der Waals surface area contributed by atoms with Crippen molar-refractivity contribution in [2.45, 2.75) is 20.8 Å². The molecule has 0 bridgehead atoms. The highest BCUT2D eigenvalue weighted by molar-refractivity contribution is 14.1. The standard InChI is InChI=1S/C22H25IN2O6/c1-4-28-17-9-7-16(8-10-17)22(27)25-24-13-15-11-18(23)21(19(12-15)29-5-2)31-14-20(26)30-6-3/h7-13H,4-6,14H2,1-3H3,(H,25,27)/b24-13-. The van der Waals surface area contributed by atoms with Gasteiger partial charge < -0.3 is 18.9 Å². The lowest BCUT2D eigenvalue weighted by atomic mass is 10.2. The molecule has 166 valence electrons. The van der Waals surface area contributed by atoms with E-state index in [0.717, 1.165) is 3.57 Å². The van der Waals surface area contributed by atoms with E-state index in [-0.39, 0.29) is 19.1 Å². The molecule has 0 fully saturated rings. The molecule has 31 heavy (non-hydrogen) atoms. The highest BCUT2D eigenvalue weighted by Crippen LogP contribution is 2.34. The highest BCUT2D eigenvalue weighted by atomic mass is 127. The summed E-state index contributed by atoms with van der Waals surface area (Å²) in [5.74, 6) is 0.826. The van der Waals surface area contributed by atoms with Crippen LogP contribution in [0.3, 0.4) is 0 Å². The van der Waals surface area contributed by atoms with Gasteiger partial charge >= 0.3 is 5.97 Å². The van der Waals surface area contributed by atoms with Gasteiger partial charge in [0.05, 0.1) is 29.6 Å². The summed E-state index contributed by atoms with van der Waals surface area (Å²) in [6.07, 6.45) is 1.51. The van der Waals surface area contributed by atoms with Gasteiger partial charge in [0.1, 0.15) is 5.75 Å². The molecule has 0 heterocycles. The molecular formula is C22H25IN2O6. The third-order valence-corrected chi connectivity index (χ3v) is 4.58. The number of nitrogens with one attached hydrogen (secondary N) is 1. The predicted molar refractivity (Wildman–Crippen MR) is 125 cm³/mol. The van der Waals surface area contributed by atoms with E-state index in [1.165, 1.54) is 6.21 Å². The number of hydrogen-bond donors (Lipinski definition) is 1. The van der Waals surface area contributed by atoms with Crippen LogP contribution in [0.1, 0.15) is 36.7 Å². The van der Waals surface area contributed by atoms with Gasteiger partial charge in [0.25, 0.3) is 5.91 Å². The van der Waals surface area contributed by atoms with Crippen molar-refractivity contribution >= 4 is 40.7 Å². The smallest absolute Gasteiger partial charge is 0.344 e. The molecule has 2 rings (SSSR count). The molecule has 0 aromatic heterocycles. The maximum Gasteiger partial charge on any atom is 0.344 e. The second kappa shape index (κ2) is 12.8. The minimum absolute atomic E-state index is 0.213. The number of ether oxygens (including phenoxy) is 4. The first-order chi connectivity index (χ1) is 15.0. The Kier molecular flexibility index (Phi) is 10.1. The summed E-state index contributed by atoms with van der Waals surface area (Å²) in [4.78, 5) is 23.8. The third-order valence-electron chi connectivity index (χ3n) is 3.78. The van der Waals surface area contributed by atoms with Gasteiger partial charge in [-0.3, -0.25) is 4.79 Å². The van der Waals surface area contributed by atoms with Crippen molar-refractivity contribution in [1.82, 2.24) is 5.43 Å². The van der Waals surface area contributed by atoms with E-state index in [1.54, 1.807) is 43.3 Å². The Balaban J connectivity index is 2.07. The van der Waals surface area contributed by atoms with Gasteiger partial charge in [-0.1, -0.05) is 0 Å². The summed E-state index contributed by atoms with van der Waals surface area (Å²) < 4.78 is 22.2. The van der Waals surface area contributed by atoms with Gasteiger partial charge in [0.15, 0.2) is 18.1 Å². The van der Waals surface area contributed by atoms with Gasteiger partial charge in [-0.2, -0.15) is 5.10 Å². The third kappa shape index (κ3) is 7.74. The minimum Gasteiger partial charge on any atom is -0.494 e. The second-order valence-corrected chi connectivity index (χ2v) is 7.18. The van der Waals surface area contributed by atoms with E-state index < -0.39 is 5.97 Å². The molecule has 0 aliphatic rings. The van der Waals surface area contributed by atoms with Gasteiger partial charge in [-0.15, -0.1) is 0 Å². The molecule has 0 atom stereocenters. The van der Waals surface area contributed by atoms with Crippen molar-refractivity contribution in [2.75, 3.05) is 26.4 Å². The first kappa shape index (κ1) is 24.4. The number of halogens is 1. The predicted octanol–water partition coefficient (Wildman–Crippen LogP) is 3.79. The quantitative estimate of drug-likeness (QED) is 0.202. The number of benzene rings is 2. The van der Waals surface area contributed by atoms with Gasteiger partial charge in [0.2, 0.25) is 0 Å². The number of carbonyl (C=O) groups is 2. The molecule has 0 radical (unpaired) electrons. The van der Waals surface area contributed by atoms with Crippen LogP contribution >= 0.6 is 22.6 Å². The Morgan fingerprint density at radius 3 is 2.35 bits per heavy atom. The molecule has 2 aromatic rings. The number of esters is 1. The molecule has 9 heteroatoms. The van der Waals surface area contributed by atoms with Crippen LogP contribution in [0.2, 0.25) is 0 Å². The lowest BCUT2D eigenvalue weighted by molar-refractivity contribution is -0.145. The molecule has 0 spiro atoms. The molecule has 0 aliphatic heterocycles. The van der Waals surface area contributed by atoms with Crippen molar-refractivity contribution in [3.8, 4) is 17.2 Å². The average Bonchev–Trinajstić information content (AvgIpc) is 2.74. The maximum atomic E-state index is 12.2. The SMILES string of the molecule is CCOC(=O)COc1c(I)cc(/C=N\NC(=O)c2ccc(OCC)cc2)cc1OCC. The first-order valence-electron chi connectivity index (χ1n) is 9.79. The zero-order valence-corrected chi connectivity index (χ0v) is 19.8. The fraction of sp³-hybridized carbons (Fsp3) is 0.318. The van der Waals surface area contributed by atoms with Crippen LogP contribution in [0.4, 0.5) is 0 Å². The van der Waals surface area contributed by atoms with E-state index in [4.69, 9.17) is 18.9 Å². The second-order valence-electron chi connectivity index (χ2n) is 6.01. The van der Waals surface area contributed by atoms with Crippen molar-refractivity contribution in [2.24, 2.45) is 5.10 Å². The van der Waals surface area contributed by atoms with Gasteiger partial charge in [-0.25, -0.2) is 10.2 Å². The molecule has 2 aromatic carbocycles. The largest absolute Gasteiger partial charge is 0.494 e. The lowest BCUT2D eigenvalue weighted by Gasteiger charge is -2.14.